The maximum Gasteiger partial charge on any atom is 0.312 e. The number of hydrogen-bond donors (Lipinski definition) is 1. The average molecular weight is 396 g/mol. The number of nitrogens with zero attached hydrogens (tertiary/aromatic N) is 1. The maximum absolute atomic E-state index is 12.6. The molecule has 0 bridgehead atoms. The molecule has 5 nitrogen and oxygen atoms in total. The second kappa shape index (κ2) is 8.45. The minimum atomic E-state index is -0.638. The quantitative estimate of drug-likeness (QED) is 0.543. The second-order valence-corrected chi connectivity index (χ2v) is 10.8. The molecule has 0 spiro atoms. The Bertz CT molecular complexity index is 560. The lowest BCUT2D eigenvalue weighted by Gasteiger charge is -2.52. The van der Waals surface area contributed by atoms with Crippen LogP contribution in [0.1, 0.15) is 87.5 Å². The number of rotatable bonds is 5. The third-order valence-electron chi connectivity index (χ3n) is 5.93. The summed E-state index contributed by atoms with van der Waals surface area (Å²) in [5, 5.41) is 12.5. The van der Waals surface area contributed by atoms with Crippen LogP contribution in [0, 0.1) is 11.8 Å². The van der Waals surface area contributed by atoms with E-state index in [0.717, 1.165) is 19.3 Å². The average Bonchev–Trinajstić information content (AvgIpc) is 2.88. The van der Waals surface area contributed by atoms with Gasteiger partial charge in [-0.1, -0.05) is 12.2 Å². The predicted octanol–water partition coefficient (Wildman–Crippen LogP) is 4.63. The van der Waals surface area contributed by atoms with Gasteiger partial charge in [0.15, 0.2) is 0 Å². The second-order valence-electron chi connectivity index (χ2n) is 10.8. The Labute approximate surface area is 171 Å². The molecule has 0 aromatic heterocycles. The zero-order chi connectivity index (χ0) is 21.3. The van der Waals surface area contributed by atoms with Crippen molar-refractivity contribution in [1.82, 2.24) is 5.06 Å². The number of aliphatic hydroxyl groups excluding tert-OH is 1. The van der Waals surface area contributed by atoms with E-state index >= 15 is 0 Å². The van der Waals surface area contributed by atoms with Crippen molar-refractivity contribution in [1.29, 1.82) is 0 Å². The largest absolute Gasteiger partial charge is 0.460 e. The Hall–Kier alpha value is -0.910. The molecule has 1 saturated carbocycles. The van der Waals surface area contributed by atoms with Crippen LogP contribution >= 0.6 is 0 Å². The Kier molecular flexibility index (Phi) is 7.05. The molecule has 1 saturated heterocycles. The fourth-order valence-corrected chi connectivity index (χ4v) is 4.69. The molecule has 1 N–H and O–H groups in total. The van der Waals surface area contributed by atoms with Crippen molar-refractivity contribution in [3.63, 3.8) is 0 Å². The van der Waals surface area contributed by atoms with E-state index in [2.05, 4.69) is 32.8 Å². The van der Waals surface area contributed by atoms with E-state index in [9.17, 15) is 9.90 Å². The van der Waals surface area contributed by atoms with Gasteiger partial charge >= 0.3 is 5.97 Å². The van der Waals surface area contributed by atoms with Gasteiger partial charge in [-0.2, -0.15) is 5.06 Å². The van der Waals surface area contributed by atoms with Crippen molar-refractivity contribution in [2.24, 2.45) is 11.8 Å². The van der Waals surface area contributed by atoms with E-state index < -0.39 is 17.6 Å². The normalized spacial score (nSPS) is 31.8. The standard InChI is InChI=1S/C23H41NO4/c1-16(28-24-22(5,6)14-9-15-23(24,7)8)10-11-17-12-13-18(25)19(17)20(26)27-21(2,3)4/h10-11,16-19,25H,9,12-15H2,1-8H3/b11-10+/t16-,17+,18+,19-/m1/s1. The number of piperidine rings is 1. The Morgan fingerprint density at radius 1 is 1.14 bits per heavy atom. The van der Waals surface area contributed by atoms with E-state index in [-0.39, 0.29) is 29.1 Å². The van der Waals surface area contributed by atoms with Gasteiger partial charge in [-0.25, -0.2) is 0 Å². The molecule has 28 heavy (non-hydrogen) atoms. The first kappa shape index (κ1) is 23.4. The van der Waals surface area contributed by atoms with Gasteiger partial charge in [0.25, 0.3) is 0 Å². The van der Waals surface area contributed by atoms with Crippen molar-refractivity contribution in [3.05, 3.63) is 12.2 Å². The molecule has 1 aliphatic carbocycles. The number of aliphatic hydroxyl groups is 1. The molecule has 0 aromatic carbocycles. The van der Waals surface area contributed by atoms with Crippen LogP contribution in [0.5, 0.6) is 0 Å². The van der Waals surface area contributed by atoms with E-state index in [1.807, 2.05) is 39.8 Å². The highest BCUT2D eigenvalue weighted by Crippen LogP contribution is 2.39. The van der Waals surface area contributed by atoms with Crippen molar-refractivity contribution in [2.75, 3.05) is 0 Å². The highest BCUT2D eigenvalue weighted by Gasteiger charge is 2.44. The lowest BCUT2D eigenvalue weighted by Crippen LogP contribution is -2.58. The van der Waals surface area contributed by atoms with Gasteiger partial charge in [0.1, 0.15) is 5.60 Å². The summed E-state index contributed by atoms with van der Waals surface area (Å²) in [7, 11) is 0. The SMILES string of the molecule is C[C@H](/C=C/[C@H]1CC[C@H](O)[C@@H]1C(=O)OC(C)(C)C)ON1C(C)(C)CCCC1(C)C. The molecular formula is C23H41NO4. The first-order chi connectivity index (χ1) is 12.7. The van der Waals surface area contributed by atoms with Gasteiger partial charge in [0.2, 0.25) is 0 Å². The minimum absolute atomic E-state index is 0.00749. The Balaban J connectivity index is 2.04. The number of ether oxygens (including phenoxy) is 1. The van der Waals surface area contributed by atoms with Crippen LogP contribution in [0.15, 0.2) is 12.2 Å². The highest BCUT2D eigenvalue weighted by molar-refractivity contribution is 5.74. The monoisotopic (exact) mass is 395 g/mol. The van der Waals surface area contributed by atoms with Crippen LogP contribution in [-0.4, -0.2) is 45.0 Å². The molecular weight excluding hydrogens is 354 g/mol. The summed E-state index contributed by atoms with van der Waals surface area (Å²) >= 11 is 0. The molecule has 1 aliphatic heterocycles. The molecule has 2 fully saturated rings. The smallest absolute Gasteiger partial charge is 0.312 e. The van der Waals surface area contributed by atoms with E-state index in [1.54, 1.807) is 0 Å². The summed E-state index contributed by atoms with van der Waals surface area (Å²) in [6.07, 6.45) is 8.18. The van der Waals surface area contributed by atoms with E-state index in [4.69, 9.17) is 9.57 Å². The van der Waals surface area contributed by atoms with Crippen molar-refractivity contribution < 1.29 is 19.5 Å². The topological polar surface area (TPSA) is 59.0 Å². The molecule has 2 rings (SSSR count). The third-order valence-corrected chi connectivity index (χ3v) is 5.93. The van der Waals surface area contributed by atoms with Gasteiger partial charge in [0, 0.05) is 11.1 Å². The van der Waals surface area contributed by atoms with E-state index in [1.165, 1.54) is 6.42 Å². The Morgan fingerprint density at radius 2 is 1.71 bits per heavy atom. The van der Waals surface area contributed by atoms with E-state index in [0.29, 0.717) is 6.42 Å². The van der Waals surface area contributed by atoms with Crippen molar-refractivity contribution in [3.8, 4) is 0 Å². The Morgan fingerprint density at radius 3 is 2.25 bits per heavy atom. The first-order valence-corrected chi connectivity index (χ1v) is 10.8. The molecule has 1 heterocycles. The highest BCUT2D eigenvalue weighted by atomic mass is 16.7. The summed E-state index contributed by atoms with van der Waals surface area (Å²) in [4.78, 5) is 18.9. The molecule has 0 unspecified atom stereocenters. The first-order valence-electron chi connectivity index (χ1n) is 10.8. The zero-order valence-electron chi connectivity index (χ0n) is 19.1. The molecule has 162 valence electrons. The predicted molar refractivity (Wildman–Crippen MR) is 112 cm³/mol. The summed E-state index contributed by atoms with van der Waals surface area (Å²) in [6, 6.07) is 0. The van der Waals surface area contributed by atoms with Gasteiger partial charge in [0.05, 0.1) is 18.1 Å². The molecule has 5 heteroatoms. The number of allylic oxidation sites excluding steroid dienone is 1. The van der Waals surface area contributed by atoms with Crippen molar-refractivity contribution >= 4 is 5.97 Å². The number of carbonyl (C=O) groups is 1. The fourth-order valence-electron chi connectivity index (χ4n) is 4.69. The molecule has 0 amide bonds. The van der Waals surface area contributed by atoms with Crippen LogP contribution < -0.4 is 0 Å². The summed E-state index contributed by atoms with van der Waals surface area (Å²) in [5.41, 5.74) is -0.561. The lowest BCUT2D eigenvalue weighted by molar-refractivity contribution is -0.293. The number of carbonyl (C=O) groups excluding carboxylic acids is 1. The summed E-state index contributed by atoms with van der Waals surface area (Å²) in [5.74, 6) is -0.817. The molecule has 4 atom stereocenters. The number of esters is 1. The zero-order valence-corrected chi connectivity index (χ0v) is 19.1. The van der Waals surface area contributed by atoms with Crippen LogP contribution in [0.25, 0.3) is 0 Å². The van der Waals surface area contributed by atoms with Crippen LogP contribution in [0.2, 0.25) is 0 Å². The third kappa shape index (κ3) is 5.80. The van der Waals surface area contributed by atoms with Crippen molar-refractivity contribution in [2.45, 2.75) is 116 Å². The number of hydrogen-bond acceptors (Lipinski definition) is 5. The molecule has 0 aromatic rings. The number of hydroxylamine groups is 2. The minimum Gasteiger partial charge on any atom is -0.460 e. The molecule has 0 radical (unpaired) electrons. The van der Waals surface area contributed by atoms with Gasteiger partial charge in [-0.3, -0.25) is 9.63 Å². The summed E-state index contributed by atoms with van der Waals surface area (Å²) < 4.78 is 5.53. The lowest BCUT2D eigenvalue weighted by atomic mass is 9.82. The van der Waals surface area contributed by atoms with Crippen LogP contribution in [0.4, 0.5) is 0 Å². The molecule has 2 aliphatic rings. The van der Waals surface area contributed by atoms with Gasteiger partial charge in [-0.15, -0.1) is 0 Å². The summed E-state index contributed by atoms with van der Waals surface area (Å²) in [6.45, 7) is 16.5. The fraction of sp³-hybridized carbons (Fsp3) is 0.870. The van der Waals surface area contributed by atoms with Crippen LogP contribution in [-0.2, 0) is 14.4 Å². The van der Waals surface area contributed by atoms with Crippen LogP contribution in [0.3, 0.4) is 0 Å². The maximum atomic E-state index is 12.6. The van der Waals surface area contributed by atoms with Gasteiger partial charge in [-0.05, 0) is 93.4 Å². The van der Waals surface area contributed by atoms with Gasteiger partial charge < -0.3 is 9.84 Å².